The van der Waals surface area contributed by atoms with Gasteiger partial charge < -0.3 is 14.8 Å². The van der Waals surface area contributed by atoms with Gasteiger partial charge in [-0.25, -0.2) is 18.2 Å². The molecule has 2 heterocycles. The van der Waals surface area contributed by atoms with Crippen molar-refractivity contribution in [1.82, 2.24) is 4.98 Å². The number of hydrogen-bond donors (Lipinski definition) is 1. The van der Waals surface area contributed by atoms with Crippen LogP contribution in [0.15, 0.2) is 30.5 Å². The number of carbonyl (C=O) groups is 1. The summed E-state index contributed by atoms with van der Waals surface area (Å²) in [7, 11) is 0. The molecular weight excluding hydrogens is 325 g/mol. The zero-order valence-electron chi connectivity index (χ0n) is 12.4. The van der Waals surface area contributed by atoms with Crippen molar-refractivity contribution in [2.24, 2.45) is 0 Å². The van der Waals surface area contributed by atoms with Crippen molar-refractivity contribution in [3.8, 4) is 5.88 Å². The Bertz CT molecular complexity index is 764. The zero-order chi connectivity index (χ0) is 17.1. The van der Waals surface area contributed by atoms with Crippen molar-refractivity contribution in [2.75, 3.05) is 18.5 Å². The molecule has 1 aliphatic heterocycles. The third-order valence-corrected chi connectivity index (χ3v) is 3.45. The predicted molar refractivity (Wildman–Crippen MR) is 78.4 cm³/mol. The number of amides is 1. The number of nitrogens with one attached hydrogen (secondary N) is 1. The quantitative estimate of drug-likeness (QED) is 0.871. The minimum absolute atomic E-state index is 0.118. The van der Waals surface area contributed by atoms with E-state index in [2.05, 4.69) is 10.3 Å². The Hall–Kier alpha value is -2.61. The second kappa shape index (κ2) is 6.88. The number of ether oxygens (including phenoxy) is 2. The van der Waals surface area contributed by atoms with Crippen molar-refractivity contribution in [3.63, 3.8) is 0 Å². The molecule has 0 spiro atoms. The third-order valence-electron chi connectivity index (χ3n) is 3.45. The molecule has 1 fully saturated rings. The summed E-state index contributed by atoms with van der Waals surface area (Å²) < 4.78 is 50.5. The van der Waals surface area contributed by atoms with Crippen LogP contribution in [-0.2, 0) is 4.74 Å². The Kier molecular flexibility index (Phi) is 4.66. The lowest BCUT2D eigenvalue weighted by Gasteiger charge is -2.12. The lowest BCUT2D eigenvalue weighted by Crippen LogP contribution is -2.17. The normalized spacial score (nSPS) is 16.9. The van der Waals surface area contributed by atoms with Crippen LogP contribution in [0.2, 0.25) is 0 Å². The molecule has 126 valence electrons. The average Bonchev–Trinajstić information content (AvgIpc) is 3.06. The van der Waals surface area contributed by atoms with E-state index in [0.29, 0.717) is 19.3 Å². The van der Waals surface area contributed by atoms with Gasteiger partial charge in [0.2, 0.25) is 5.88 Å². The minimum atomic E-state index is -1.69. The second-order valence-electron chi connectivity index (χ2n) is 5.16. The summed E-state index contributed by atoms with van der Waals surface area (Å²) in [5.74, 6) is -5.23. The van der Waals surface area contributed by atoms with Gasteiger partial charge in [0.15, 0.2) is 17.5 Å². The molecule has 1 amide bonds. The lowest BCUT2D eigenvalue weighted by molar-refractivity contribution is 0.102. The maximum atomic E-state index is 13.6. The van der Waals surface area contributed by atoms with E-state index in [1.807, 2.05) is 0 Å². The Morgan fingerprint density at radius 2 is 2.08 bits per heavy atom. The summed E-state index contributed by atoms with van der Waals surface area (Å²) in [5, 5.41) is 2.39. The largest absolute Gasteiger partial charge is 0.472 e. The van der Waals surface area contributed by atoms with Crippen LogP contribution in [-0.4, -0.2) is 30.2 Å². The van der Waals surface area contributed by atoms with E-state index in [1.165, 1.54) is 18.3 Å². The maximum absolute atomic E-state index is 13.6. The van der Waals surface area contributed by atoms with E-state index in [-0.39, 0.29) is 17.7 Å². The number of halogens is 3. The summed E-state index contributed by atoms with van der Waals surface area (Å²) in [5.41, 5.74) is -0.314. The Morgan fingerprint density at radius 1 is 1.25 bits per heavy atom. The highest BCUT2D eigenvalue weighted by Crippen LogP contribution is 2.20. The van der Waals surface area contributed by atoms with E-state index < -0.39 is 28.9 Å². The molecule has 8 heteroatoms. The van der Waals surface area contributed by atoms with E-state index in [0.717, 1.165) is 12.5 Å². The number of aromatic nitrogens is 1. The predicted octanol–water partition coefficient (Wildman–Crippen LogP) is 2.92. The van der Waals surface area contributed by atoms with Crippen molar-refractivity contribution in [3.05, 3.63) is 53.5 Å². The number of carbonyl (C=O) groups excluding carboxylic acids is 1. The van der Waals surface area contributed by atoms with E-state index in [9.17, 15) is 18.0 Å². The van der Waals surface area contributed by atoms with Crippen molar-refractivity contribution in [2.45, 2.75) is 12.5 Å². The molecule has 1 N–H and O–H groups in total. The van der Waals surface area contributed by atoms with E-state index >= 15 is 0 Å². The summed E-state index contributed by atoms with van der Waals surface area (Å²) in [6.45, 7) is 1.06. The van der Waals surface area contributed by atoms with Gasteiger partial charge in [0.1, 0.15) is 6.10 Å². The molecule has 3 rings (SSSR count). The van der Waals surface area contributed by atoms with Gasteiger partial charge in [0.25, 0.3) is 5.91 Å². The van der Waals surface area contributed by atoms with Gasteiger partial charge in [-0.15, -0.1) is 0 Å². The summed E-state index contributed by atoms with van der Waals surface area (Å²) in [6.07, 6.45) is 2.02. The number of anilines is 1. The molecule has 1 atom stereocenters. The first kappa shape index (κ1) is 16.3. The minimum Gasteiger partial charge on any atom is -0.472 e. The van der Waals surface area contributed by atoms with E-state index in [1.54, 1.807) is 0 Å². The Morgan fingerprint density at radius 3 is 2.83 bits per heavy atom. The Labute approximate surface area is 135 Å². The molecule has 0 bridgehead atoms. The standard InChI is InChI=1S/C16H13F3N2O3/c17-12-2-1-11(14(18)15(12)19)16(22)21-9-3-5-20-13(7-9)24-10-4-6-23-8-10/h1-3,5,7,10H,4,6,8H2,(H,20,21,22). The van der Waals surface area contributed by atoms with Crippen LogP contribution in [0.1, 0.15) is 16.8 Å². The molecular formula is C16H13F3N2O3. The van der Waals surface area contributed by atoms with Gasteiger partial charge in [-0.2, -0.15) is 0 Å². The first-order chi connectivity index (χ1) is 11.5. The molecule has 1 unspecified atom stereocenters. The number of pyridine rings is 1. The number of hydrogen-bond acceptors (Lipinski definition) is 4. The number of rotatable bonds is 4. The van der Waals surface area contributed by atoms with Crippen LogP contribution in [0.5, 0.6) is 5.88 Å². The molecule has 1 saturated heterocycles. The smallest absolute Gasteiger partial charge is 0.258 e. The molecule has 2 aromatic rings. The molecule has 0 saturated carbocycles. The fourth-order valence-corrected chi connectivity index (χ4v) is 2.23. The van der Waals surface area contributed by atoms with Crippen LogP contribution in [0, 0.1) is 17.5 Å². The fraction of sp³-hybridized carbons (Fsp3) is 0.250. The SMILES string of the molecule is O=C(Nc1ccnc(OC2CCOC2)c1)c1ccc(F)c(F)c1F. The zero-order valence-corrected chi connectivity index (χ0v) is 12.4. The number of nitrogens with zero attached hydrogens (tertiary/aromatic N) is 1. The highest BCUT2D eigenvalue weighted by Gasteiger charge is 2.20. The monoisotopic (exact) mass is 338 g/mol. The van der Waals surface area contributed by atoms with Gasteiger partial charge >= 0.3 is 0 Å². The van der Waals surface area contributed by atoms with Gasteiger partial charge in [0, 0.05) is 24.4 Å². The van der Waals surface area contributed by atoms with Gasteiger partial charge in [0.05, 0.1) is 18.8 Å². The third kappa shape index (κ3) is 3.48. The molecule has 5 nitrogen and oxygen atoms in total. The fourth-order valence-electron chi connectivity index (χ4n) is 2.23. The second-order valence-corrected chi connectivity index (χ2v) is 5.16. The van der Waals surface area contributed by atoms with E-state index in [4.69, 9.17) is 9.47 Å². The molecule has 24 heavy (non-hydrogen) atoms. The van der Waals surface area contributed by atoms with Crippen LogP contribution in [0.4, 0.5) is 18.9 Å². The summed E-state index contributed by atoms with van der Waals surface area (Å²) in [4.78, 5) is 16.0. The molecule has 1 aromatic carbocycles. The van der Waals surface area contributed by atoms with Crippen LogP contribution in [0.3, 0.4) is 0 Å². The van der Waals surface area contributed by atoms with Gasteiger partial charge in [-0.1, -0.05) is 0 Å². The first-order valence-corrected chi connectivity index (χ1v) is 7.20. The highest BCUT2D eigenvalue weighted by atomic mass is 19.2. The highest BCUT2D eigenvalue weighted by molar-refractivity contribution is 6.04. The maximum Gasteiger partial charge on any atom is 0.258 e. The van der Waals surface area contributed by atoms with Gasteiger partial charge in [-0.05, 0) is 18.2 Å². The number of benzene rings is 1. The average molecular weight is 338 g/mol. The topological polar surface area (TPSA) is 60.5 Å². The van der Waals surface area contributed by atoms with Crippen LogP contribution in [0.25, 0.3) is 0 Å². The first-order valence-electron chi connectivity index (χ1n) is 7.20. The molecule has 0 aliphatic carbocycles. The van der Waals surface area contributed by atoms with Crippen molar-refractivity contribution >= 4 is 11.6 Å². The summed E-state index contributed by atoms with van der Waals surface area (Å²) in [6, 6.07) is 4.48. The Balaban J connectivity index is 1.73. The van der Waals surface area contributed by atoms with Gasteiger partial charge in [-0.3, -0.25) is 4.79 Å². The molecule has 1 aromatic heterocycles. The molecule has 0 radical (unpaired) electrons. The summed E-state index contributed by atoms with van der Waals surface area (Å²) >= 11 is 0. The molecule has 1 aliphatic rings. The van der Waals surface area contributed by atoms with Crippen molar-refractivity contribution in [1.29, 1.82) is 0 Å². The van der Waals surface area contributed by atoms with Crippen LogP contribution < -0.4 is 10.1 Å². The van der Waals surface area contributed by atoms with Crippen LogP contribution >= 0.6 is 0 Å². The lowest BCUT2D eigenvalue weighted by atomic mass is 10.2. The van der Waals surface area contributed by atoms with Crippen molar-refractivity contribution < 1.29 is 27.4 Å².